The van der Waals surface area contributed by atoms with Gasteiger partial charge in [-0.2, -0.15) is 13.2 Å². The Morgan fingerprint density at radius 1 is 1.08 bits per heavy atom. The smallest absolute Gasteiger partial charge is 0.354 e. The quantitative estimate of drug-likeness (QED) is 0.516. The van der Waals surface area contributed by atoms with E-state index in [0.717, 1.165) is 64.7 Å². The molecule has 0 saturated heterocycles. The van der Waals surface area contributed by atoms with Gasteiger partial charge in [-0.3, -0.25) is 0 Å². The Hall–Kier alpha value is -1.98. The number of alkyl halides is 3. The number of aromatic nitrogens is 1. The Bertz CT molecular complexity index is 911. The number of nitrogens with two attached hydrogens (primary N) is 1. The van der Waals surface area contributed by atoms with Crippen LogP contribution in [0.2, 0.25) is 5.02 Å². The molecule has 0 unspecified atom stereocenters. The molecule has 0 atom stereocenters. The third-order valence-electron chi connectivity index (χ3n) is 4.56. The zero-order valence-corrected chi connectivity index (χ0v) is 15.1. The van der Waals surface area contributed by atoms with Gasteiger partial charge in [0.05, 0.1) is 5.56 Å². The predicted molar refractivity (Wildman–Crippen MR) is 100 cm³/mol. The second-order valence-corrected chi connectivity index (χ2v) is 6.88. The molecule has 2 nitrogen and oxygen atoms in total. The number of aryl methyl sites for hydroxylation is 2. The lowest BCUT2D eigenvalue weighted by molar-refractivity contribution is -0.137. The Morgan fingerprint density at radius 3 is 2.38 bits per heavy atom. The van der Waals surface area contributed by atoms with Crippen LogP contribution < -0.4 is 5.73 Å². The number of fused-ring (bicyclic) bond motifs is 1. The van der Waals surface area contributed by atoms with Crippen molar-refractivity contribution in [1.82, 2.24) is 4.98 Å². The van der Waals surface area contributed by atoms with Crippen molar-refractivity contribution in [3.63, 3.8) is 0 Å². The van der Waals surface area contributed by atoms with Gasteiger partial charge in [0.25, 0.3) is 0 Å². The van der Waals surface area contributed by atoms with Crippen molar-refractivity contribution < 1.29 is 13.2 Å². The van der Waals surface area contributed by atoms with E-state index in [1.165, 1.54) is 12.1 Å². The molecule has 26 heavy (non-hydrogen) atoms. The van der Waals surface area contributed by atoms with E-state index in [-0.39, 0.29) is 0 Å². The van der Waals surface area contributed by atoms with Crippen LogP contribution in [0.4, 0.5) is 13.2 Å². The Morgan fingerprint density at radius 2 is 1.77 bits per heavy atom. The molecule has 6 heteroatoms. The van der Waals surface area contributed by atoms with E-state index in [0.29, 0.717) is 11.6 Å². The molecule has 138 valence electrons. The van der Waals surface area contributed by atoms with Crippen molar-refractivity contribution in [3.8, 4) is 11.3 Å². The van der Waals surface area contributed by atoms with E-state index in [1.807, 2.05) is 19.1 Å². The van der Waals surface area contributed by atoms with Crippen molar-refractivity contribution in [2.24, 2.45) is 5.73 Å². The first kappa shape index (κ1) is 18.8. The number of rotatable bonds is 5. The number of benzene rings is 2. The number of nitrogens with one attached hydrogen (secondary N) is 1. The molecule has 0 radical (unpaired) electrons. The molecule has 0 aliphatic carbocycles. The summed E-state index contributed by atoms with van der Waals surface area (Å²) in [5, 5.41) is 1.66. The number of hydrogen-bond donors (Lipinski definition) is 2. The van der Waals surface area contributed by atoms with Crippen molar-refractivity contribution in [3.05, 3.63) is 58.1 Å². The van der Waals surface area contributed by atoms with Crippen LogP contribution in [0.5, 0.6) is 0 Å². The van der Waals surface area contributed by atoms with Gasteiger partial charge in [-0.15, -0.1) is 0 Å². The fourth-order valence-electron chi connectivity index (χ4n) is 3.26. The molecule has 0 saturated carbocycles. The van der Waals surface area contributed by atoms with Crippen molar-refractivity contribution in [2.75, 3.05) is 6.54 Å². The van der Waals surface area contributed by atoms with E-state index >= 15 is 0 Å². The summed E-state index contributed by atoms with van der Waals surface area (Å²) in [6.07, 6.45) is -1.76. The van der Waals surface area contributed by atoms with Gasteiger partial charge in [-0.1, -0.05) is 23.7 Å². The number of H-pyrrole nitrogens is 1. The summed E-state index contributed by atoms with van der Waals surface area (Å²) < 4.78 is 38.5. The van der Waals surface area contributed by atoms with Gasteiger partial charge in [-0.25, -0.2) is 0 Å². The zero-order chi connectivity index (χ0) is 18.9. The summed E-state index contributed by atoms with van der Waals surface area (Å²) in [5.74, 6) is 0. The molecular formula is C20H20ClF3N2. The molecule has 0 amide bonds. The third kappa shape index (κ3) is 3.74. The minimum atomic E-state index is -4.34. The van der Waals surface area contributed by atoms with E-state index in [9.17, 15) is 13.2 Å². The summed E-state index contributed by atoms with van der Waals surface area (Å²) >= 11 is 6.22. The topological polar surface area (TPSA) is 41.8 Å². The second-order valence-electron chi connectivity index (χ2n) is 6.44. The van der Waals surface area contributed by atoms with Crippen LogP contribution in [0.25, 0.3) is 22.2 Å². The first-order chi connectivity index (χ1) is 12.3. The standard InChI is InChI=1S/C20H20ClF3N2/c1-12-10-15(21)11-17-16(4-2-3-9-25)19(26-18(12)17)13-5-7-14(8-6-13)20(22,23)24/h5-8,10-11,26H,2-4,9,25H2,1H3. The largest absolute Gasteiger partial charge is 0.416 e. The molecule has 2 aromatic carbocycles. The maximum atomic E-state index is 12.8. The number of halogens is 4. The lowest BCUT2D eigenvalue weighted by Gasteiger charge is -2.09. The molecule has 3 N–H and O–H groups in total. The van der Waals surface area contributed by atoms with E-state index in [2.05, 4.69) is 4.98 Å². The summed E-state index contributed by atoms with van der Waals surface area (Å²) in [5.41, 5.74) is 9.56. The maximum absolute atomic E-state index is 12.8. The van der Waals surface area contributed by atoms with E-state index in [4.69, 9.17) is 17.3 Å². The van der Waals surface area contributed by atoms with Gasteiger partial charge >= 0.3 is 6.18 Å². The summed E-state index contributed by atoms with van der Waals surface area (Å²) in [6.45, 7) is 2.57. The summed E-state index contributed by atoms with van der Waals surface area (Å²) in [6, 6.07) is 9.04. The average Bonchev–Trinajstić information content (AvgIpc) is 2.93. The van der Waals surface area contributed by atoms with Gasteiger partial charge in [0, 0.05) is 21.6 Å². The molecule has 0 aliphatic heterocycles. The zero-order valence-electron chi connectivity index (χ0n) is 14.4. The average molecular weight is 381 g/mol. The van der Waals surface area contributed by atoms with Crippen LogP contribution in [-0.4, -0.2) is 11.5 Å². The van der Waals surface area contributed by atoms with Crippen LogP contribution in [0.1, 0.15) is 29.5 Å². The highest BCUT2D eigenvalue weighted by molar-refractivity contribution is 6.31. The Kier molecular flexibility index (Phi) is 5.30. The van der Waals surface area contributed by atoms with Crippen molar-refractivity contribution >= 4 is 22.5 Å². The fourth-order valence-corrected chi connectivity index (χ4v) is 3.53. The first-order valence-electron chi connectivity index (χ1n) is 8.49. The highest BCUT2D eigenvalue weighted by atomic mass is 35.5. The molecule has 0 aliphatic rings. The van der Waals surface area contributed by atoms with Crippen LogP contribution in [0.3, 0.4) is 0 Å². The van der Waals surface area contributed by atoms with Crippen LogP contribution >= 0.6 is 11.6 Å². The monoisotopic (exact) mass is 380 g/mol. The number of unbranched alkanes of at least 4 members (excludes halogenated alkanes) is 1. The predicted octanol–water partition coefficient (Wildman–Crippen LogP) is 6.10. The molecule has 3 aromatic rings. The van der Waals surface area contributed by atoms with Crippen LogP contribution in [-0.2, 0) is 12.6 Å². The minimum Gasteiger partial charge on any atom is -0.354 e. The van der Waals surface area contributed by atoms with Crippen molar-refractivity contribution in [1.29, 1.82) is 0 Å². The number of aromatic amines is 1. The fraction of sp³-hybridized carbons (Fsp3) is 0.300. The van der Waals surface area contributed by atoms with Crippen LogP contribution in [0, 0.1) is 6.92 Å². The lowest BCUT2D eigenvalue weighted by Crippen LogP contribution is -2.04. The molecule has 1 heterocycles. The molecule has 1 aromatic heterocycles. The molecule has 0 spiro atoms. The normalized spacial score (nSPS) is 12.1. The Labute approximate surface area is 155 Å². The van der Waals surface area contributed by atoms with Crippen LogP contribution in [0.15, 0.2) is 36.4 Å². The highest BCUT2D eigenvalue weighted by Gasteiger charge is 2.30. The molecular weight excluding hydrogens is 361 g/mol. The minimum absolute atomic E-state index is 0.609. The Balaban J connectivity index is 2.11. The van der Waals surface area contributed by atoms with Gasteiger partial charge in [0.15, 0.2) is 0 Å². The SMILES string of the molecule is Cc1cc(Cl)cc2c(CCCCN)c(-c3ccc(C(F)(F)F)cc3)[nH]c12. The number of hydrogen-bond acceptors (Lipinski definition) is 1. The second kappa shape index (κ2) is 7.33. The van der Waals surface area contributed by atoms with E-state index in [1.54, 1.807) is 0 Å². The first-order valence-corrected chi connectivity index (χ1v) is 8.87. The summed E-state index contributed by atoms with van der Waals surface area (Å²) in [4.78, 5) is 3.39. The lowest BCUT2D eigenvalue weighted by atomic mass is 9.99. The van der Waals surface area contributed by atoms with Crippen molar-refractivity contribution in [2.45, 2.75) is 32.4 Å². The van der Waals surface area contributed by atoms with E-state index < -0.39 is 11.7 Å². The maximum Gasteiger partial charge on any atom is 0.416 e. The third-order valence-corrected chi connectivity index (χ3v) is 4.78. The molecule has 3 rings (SSSR count). The van der Waals surface area contributed by atoms with Gasteiger partial charge in [-0.05, 0) is 73.7 Å². The molecule has 0 bridgehead atoms. The van der Waals surface area contributed by atoms with Gasteiger partial charge < -0.3 is 10.7 Å². The molecule has 0 fully saturated rings. The highest BCUT2D eigenvalue weighted by Crippen LogP contribution is 2.36. The summed E-state index contributed by atoms with van der Waals surface area (Å²) in [7, 11) is 0. The van der Waals surface area contributed by atoms with Gasteiger partial charge in [0.2, 0.25) is 0 Å². The van der Waals surface area contributed by atoms with Gasteiger partial charge in [0.1, 0.15) is 0 Å².